The van der Waals surface area contributed by atoms with E-state index in [1.165, 1.54) is 0 Å². The molecule has 8 heteroatoms. The minimum Gasteiger partial charge on any atom is -0.423 e. The van der Waals surface area contributed by atoms with E-state index < -0.39 is 17.8 Å². The van der Waals surface area contributed by atoms with E-state index in [1.54, 1.807) is 42.5 Å². The minimum absolute atomic E-state index is 0.00620. The van der Waals surface area contributed by atoms with Crippen molar-refractivity contribution < 1.29 is 19.1 Å². The van der Waals surface area contributed by atoms with Crippen molar-refractivity contribution in [2.75, 3.05) is 11.9 Å². The van der Waals surface area contributed by atoms with Crippen LogP contribution in [0.3, 0.4) is 0 Å². The fraction of sp³-hybridized carbons (Fsp3) is 0.115. The third-order valence-corrected chi connectivity index (χ3v) is 6.08. The van der Waals surface area contributed by atoms with Gasteiger partial charge in [-0.3, -0.25) is 14.5 Å². The maximum Gasteiger partial charge on any atom is 0.343 e. The number of hydrogen-bond acceptors (Lipinski definition) is 5. The summed E-state index contributed by atoms with van der Waals surface area (Å²) in [5, 5.41) is 3.32. The van der Waals surface area contributed by atoms with Gasteiger partial charge < -0.3 is 10.1 Å². The highest BCUT2D eigenvalue weighted by molar-refractivity contribution is 6.48. The number of hydrogen-bond donors (Lipinski definition) is 1. The van der Waals surface area contributed by atoms with Crippen LogP contribution in [0, 0.1) is 6.92 Å². The molecule has 4 rings (SSSR count). The Hall–Kier alpha value is -3.61. The Balaban J connectivity index is 1.40. The molecule has 0 radical (unpaired) electrons. The predicted molar refractivity (Wildman–Crippen MR) is 131 cm³/mol. The van der Waals surface area contributed by atoms with Gasteiger partial charge in [0, 0.05) is 17.3 Å². The van der Waals surface area contributed by atoms with Gasteiger partial charge >= 0.3 is 5.97 Å². The first-order valence-electron chi connectivity index (χ1n) is 10.5. The molecule has 1 heterocycles. The summed E-state index contributed by atoms with van der Waals surface area (Å²) in [6, 6.07) is 20.8. The zero-order valence-electron chi connectivity index (χ0n) is 18.2. The van der Waals surface area contributed by atoms with Crippen molar-refractivity contribution in [1.29, 1.82) is 0 Å². The number of rotatable bonds is 7. The van der Waals surface area contributed by atoms with Crippen LogP contribution in [0.4, 0.5) is 5.69 Å². The van der Waals surface area contributed by atoms with Crippen LogP contribution < -0.4 is 10.1 Å². The number of aryl methyl sites for hydroxylation is 1. The molecule has 34 heavy (non-hydrogen) atoms. The summed E-state index contributed by atoms with van der Waals surface area (Å²) in [7, 11) is 0. The van der Waals surface area contributed by atoms with E-state index in [2.05, 4.69) is 5.32 Å². The number of imide groups is 1. The lowest BCUT2D eigenvalue weighted by atomic mass is 10.1. The first-order chi connectivity index (χ1) is 16.3. The molecule has 3 aromatic carbocycles. The highest BCUT2D eigenvalue weighted by Crippen LogP contribution is 2.26. The quantitative estimate of drug-likeness (QED) is 0.272. The van der Waals surface area contributed by atoms with Gasteiger partial charge in [0.2, 0.25) is 0 Å². The molecule has 0 unspecified atom stereocenters. The monoisotopic (exact) mass is 494 g/mol. The van der Waals surface area contributed by atoms with Gasteiger partial charge in [0.05, 0.1) is 5.56 Å². The van der Waals surface area contributed by atoms with Crippen LogP contribution >= 0.6 is 23.2 Å². The normalized spacial score (nSPS) is 13.4. The standard InChI is InChI=1S/C26H20Cl2N2O4/c1-16-15-20(11-12-21(16)27)34-26(33)18-7-9-19(10-8-18)29-23-22(28)24(31)30(25(23)32)14-13-17-5-3-2-4-6-17/h2-12,15,29H,13-14H2,1H3. The molecular weight excluding hydrogens is 475 g/mol. The van der Waals surface area contributed by atoms with Gasteiger partial charge in [-0.25, -0.2) is 4.79 Å². The molecule has 0 saturated carbocycles. The maximum absolute atomic E-state index is 12.8. The molecule has 172 valence electrons. The molecule has 1 N–H and O–H groups in total. The fourth-order valence-electron chi connectivity index (χ4n) is 3.42. The Labute approximate surface area is 206 Å². The smallest absolute Gasteiger partial charge is 0.343 e. The Morgan fingerprint density at radius 2 is 1.65 bits per heavy atom. The van der Waals surface area contributed by atoms with Gasteiger partial charge in [-0.15, -0.1) is 0 Å². The average molecular weight is 495 g/mol. The summed E-state index contributed by atoms with van der Waals surface area (Å²) < 4.78 is 5.38. The zero-order chi connectivity index (χ0) is 24.2. The lowest BCUT2D eigenvalue weighted by Crippen LogP contribution is -2.34. The maximum atomic E-state index is 12.8. The van der Waals surface area contributed by atoms with E-state index in [0.29, 0.717) is 28.4 Å². The first-order valence-corrected chi connectivity index (χ1v) is 11.2. The summed E-state index contributed by atoms with van der Waals surface area (Å²) in [6.45, 7) is 2.04. The van der Waals surface area contributed by atoms with Crippen molar-refractivity contribution in [2.45, 2.75) is 13.3 Å². The third kappa shape index (κ3) is 5.14. The lowest BCUT2D eigenvalue weighted by Gasteiger charge is -2.15. The van der Waals surface area contributed by atoms with Crippen molar-refractivity contribution in [1.82, 2.24) is 4.90 Å². The molecule has 0 saturated heterocycles. The average Bonchev–Trinajstić information content (AvgIpc) is 3.04. The molecule has 0 aliphatic carbocycles. The van der Waals surface area contributed by atoms with E-state index in [4.69, 9.17) is 27.9 Å². The highest BCUT2D eigenvalue weighted by Gasteiger charge is 2.37. The van der Waals surface area contributed by atoms with Crippen LogP contribution in [-0.2, 0) is 16.0 Å². The number of esters is 1. The topological polar surface area (TPSA) is 75.7 Å². The van der Waals surface area contributed by atoms with E-state index in [0.717, 1.165) is 16.0 Å². The molecular formula is C26H20Cl2N2O4. The summed E-state index contributed by atoms with van der Waals surface area (Å²) >= 11 is 12.2. The van der Waals surface area contributed by atoms with Crippen molar-refractivity contribution in [3.63, 3.8) is 0 Å². The second-order valence-corrected chi connectivity index (χ2v) is 8.47. The number of ether oxygens (including phenoxy) is 1. The Morgan fingerprint density at radius 3 is 2.32 bits per heavy atom. The fourth-order valence-corrected chi connectivity index (χ4v) is 3.77. The largest absolute Gasteiger partial charge is 0.423 e. The molecule has 0 spiro atoms. The van der Waals surface area contributed by atoms with Crippen LogP contribution in [0.5, 0.6) is 5.75 Å². The van der Waals surface area contributed by atoms with E-state index in [9.17, 15) is 14.4 Å². The summed E-state index contributed by atoms with van der Waals surface area (Å²) in [5.74, 6) is -1.18. The molecule has 0 bridgehead atoms. The molecule has 0 aromatic heterocycles. The summed E-state index contributed by atoms with van der Waals surface area (Å²) in [4.78, 5) is 38.9. The minimum atomic E-state index is -0.538. The molecule has 6 nitrogen and oxygen atoms in total. The molecule has 1 aliphatic heterocycles. The SMILES string of the molecule is Cc1cc(OC(=O)c2ccc(NC3=C(Cl)C(=O)N(CCc4ccccc4)C3=O)cc2)ccc1Cl. The van der Waals surface area contributed by atoms with Crippen LogP contribution in [0.2, 0.25) is 5.02 Å². The van der Waals surface area contributed by atoms with Crippen LogP contribution in [0.25, 0.3) is 0 Å². The Kier molecular flexibility index (Phi) is 7.01. The van der Waals surface area contributed by atoms with E-state index >= 15 is 0 Å². The number of anilines is 1. The van der Waals surface area contributed by atoms with Gasteiger partial charge in [-0.2, -0.15) is 0 Å². The molecule has 2 amide bonds. The second kappa shape index (κ2) is 10.1. The Bertz CT molecular complexity index is 1290. The number of carbonyl (C=O) groups is 3. The number of amides is 2. The van der Waals surface area contributed by atoms with Gasteiger partial charge in [-0.05, 0) is 66.9 Å². The molecule has 0 atom stereocenters. The van der Waals surface area contributed by atoms with E-state index in [-0.39, 0.29) is 17.3 Å². The van der Waals surface area contributed by atoms with Crippen LogP contribution in [-0.4, -0.2) is 29.2 Å². The van der Waals surface area contributed by atoms with Crippen LogP contribution in [0.15, 0.2) is 83.5 Å². The first kappa shape index (κ1) is 23.5. The summed E-state index contributed by atoms with van der Waals surface area (Å²) in [5.41, 5.74) is 2.63. The molecule has 3 aromatic rings. The van der Waals surface area contributed by atoms with Gasteiger partial charge in [0.1, 0.15) is 16.5 Å². The van der Waals surface area contributed by atoms with Crippen LogP contribution in [0.1, 0.15) is 21.5 Å². The molecule has 0 fully saturated rings. The number of nitrogens with zero attached hydrogens (tertiary/aromatic N) is 1. The predicted octanol–water partition coefficient (Wildman–Crippen LogP) is 5.34. The number of nitrogens with one attached hydrogen (secondary N) is 1. The number of benzene rings is 3. The Morgan fingerprint density at radius 1 is 0.941 bits per heavy atom. The highest BCUT2D eigenvalue weighted by atomic mass is 35.5. The van der Waals surface area contributed by atoms with Crippen molar-refractivity contribution in [3.05, 3.63) is 105 Å². The molecule has 1 aliphatic rings. The third-order valence-electron chi connectivity index (χ3n) is 5.31. The summed E-state index contributed by atoms with van der Waals surface area (Å²) in [6.07, 6.45) is 0.528. The van der Waals surface area contributed by atoms with Gasteiger partial charge in [-0.1, -0.05) is 53.5 Å². The number of carbonyl (C=O) groups excluding carboxylic acids is 3. The van der Waals surface area contributed by atoms with Crippen molar-refractivity contribution in [2.24, 2.45) is 0 Å². The van der Waals surface area contributed by atoms with Gasteiger partial charge in [0.15, 0.2) is 0 Å². The number of halogens is 2. The van der Waals surface area contributed by atoms with Crippen molar-refractivity contribution in [3.8, 4) is 5.75 Å². The van der Waals surface area contributed by atoms with E-state index in [1.807, 2.05) is 37.3 Å². The zero-order valence-corrected chi connectivity index (χ0v) is 19.7. The second-order valence-electron chi connectivity index (χ2n) is 7.69. The van der Waals surface area contributed by atoms with Gasteiger partial charge in [0.25, 0.3) is 11.8 Å². The lowest BCUT2D eigenvalue weighted by molar-refractivity contribution is -0.137. The van der Waals surface area contributed by atoms with Crippen molar-refractivity contribution >= 4 is 46.7 Å².